The highest BCUT2D eigenvalue weighted by Gasteiger charge is 2.36. The Morgan fingerprint density at radius 3 is 0.630 bits per heavy atom. The van der Waals surface area contributed by atoms with Crippen LogP contribution in [0.4, 0.5) is 0 Å². The van der Waals surface area contributed by atoms with E-state index >= 15 is 0 Å². The number of hydrogen-bond acceptors (Lipinski definition) is 30. The molecule has 40 heteroatoms. The number of aliphatic hydroxyl groups is 14. The standard InChI is InChI=1S/C22H38N4O4.C18H42N2O8P2.C18H34O6.C16H30O6.C16H34O4.C16H30O4/c1-21(2,13-9-19(29)25-15-23)11-7-17(27)5-6-18(28)8-12-22(3,4)14-10-20(30)26-16-24;1-17(2,11-13-27-29(19,23)24)9-7-15(21)5-6-16(22)8-10-18(3,4)12-14-28-30(20,25)26;1-17(2,15(21)23-5)11-9-13(19)7-8-14(20)10-12-18(3,4)16(22)24-6;1-15(2,13(19)20)9-7-11(17)5-6-12(18)8-10-16(3,4)14(21)22;2*1-15(2,11-17)9-7-13(19)5-6-14(20)8-10-16(3,4)12-18/h17-18,27-28H,5-14H2,1-4H3,(H,25,29)(H,26,30);15-16,21-22H,5-14H2,1-4H3,(H3,19,23,24)(H3,20,25,26);13-14,19-20H,7-12H2,1-6H3;11-12,17-18H,5-10H2,1-4H3,(H,19,20)(H,21,22);13-14,17-20H,5-12H2,1-4H3;11-14,19-20H,5-10H2,1-4H3. The van der Waals surface area contributed by atoms with Crippen LogP contribution in [0.15, 0.2) is 0 Å². The van der Waals surface area contributed by atoms with Crippen molar-refractivity contribution in [1.29, 1.82) is 10.5 Å². The average molecular weight is 2140 g/mol. The lowest BCUT2D eigenvalue weighted by atomic mass is 9.81. The largest absolute Gasteiger partial charge is 0.481 e. The van der Waals surface area contributed by atoms with Crippen LogP contribution < -0.4 is 21.6 Å². The van der Waals surface area contributed by atoms with E-state index in [2.05, 4.69) is 10.6 Å². The monoisotopic (exact) mass is 2140 g/mol. The molecule has 0 aliphatic heterocycles. The van der Waals surface area contributed by atoms with Crippen LogP contribution in [-0.4, -0.2) is 254 Å². The SMILES string of the molecule is CC(C)(C=O)CCC(O)CCC(O)CCC(C)(C)C=O.CC(C)(CCC(=O)NC#N)CCC(O)CCC(O)CCC(C)(C)CCC(=O)NC#N.CC(C)(CCC(O)CCC(O)CCC(C)(C)C(=O)O)C(=O)O.CC(C)(CCOP(N)(=O)O)CCC(O)CCC(O)CCC(C)(C)CCOP(N)(=O)O.CC(C)(CO)CCC(O)CCC(O)CCC(C)(C)CO.COC(=O)C(C)(C)CCC(O)CCC(O)CCC(C)(C)C(=O)OC. The van der Waals surface area contributed by atoms with Crippen LogP contribution in [0.2, 0.25) is 0 Å². The van der Waals surface area contributed by atoms with Crippen molar-refractivity contribution in [2.45, 2.75) is 509 Å². The van der Waals surface area contributed by atoms with Crippen molar-refractivity contribution in [3.8, 4) is 12.4 Å². The van der Waals surface area contributed by atoms with Crippen LogP contribution >= 0.6 is 15.5 Å². The lowest BCUT2D eigenvalue weighted by molar-refractivity contribution is -0.152. The molecule has 24 N–H and O–H groups in total. The van der Waals surface area contributed by atoms with Gasteiger partial charge >= 0.3 is 39.4 Å². The van der Waals surface area contributed by atoms with Crippen molar-refractivity contribution < 1.29 is 157 Å². The van der Waals surface area contributed by atoms with Gasteiger partial charge in [0.1, 0.15) is 12.6 Å². The number of nitrogens with zero attached hydrogens (tertiary/aromatic N) is 2. The van der Waals surface area contributed by atoms with Gasteiger partial charge in [-0.05, 0) is 345 Å². The summed E-state index contributed by atoms with van der Waals surface area (Å²) in [5.74, 6) is -2.95. The van der Waals surface area contributed by atoms with Crippen LogP contribution in [0.5, 0.6) is 0 Å². The minimum atomic E-state index is -3.96. The van der Waals surface area contributed by atoms with Crippen molar-refractivity contribution in [2.75, 3.05) is 40.6 Å². The first-order chi connectivity index (χ1) is 66.4. The molecule has 864 valence electrons. The summed E-state index contributed by atoms with van der Waals surface area (Å²) in [5, 5.41) is 178. The molecule has 146 heavy (non-hydrogen) atoms. The van der Waals surface area contributed by atoms with Crippen molar-refractivity contribution >= 4 is 63.8 Å². The maximum absolute atomic E-state index is 11.6. The number of carbonyl (C=O) groups is 8. The quantitative estimate of drug-likeness (QED) is 0.00884. The molecule has 0 heterocycles. The van der Waals surface area contributed by atoms with Gasteiger partial charge in [0.25, 0.3) is 0 Å². The number of ether oxygens (including phenoxy) is 2. The fraction of sp³-hybridized carbons (Fsp3) is 0.906. The molecule has 0 aromatic rings. The minimum absolute atomic E-state index is 0.0774. The second kappa shape index (κ2) is 75.6. The topological polar surface area (TPSA) is 695 Å². The predicted molar refractivity (Wildman–Crippen MR) is 564 cm³/mol. The van der Waals surface area contributed by atoms with Crippen LogP contribution in [0.25, 0.3) is 0 Å². The number of nitriles is 2. The van der Waals surface area contributed by atoms with E-state index in [0.717, 1.165) is 38.3 Å². The number of nitrogens with one attached hydrogen (secondary N) is 2. The van der Waals surface area contributed by atoms with Gasteiger partial charge in [-0.15, -0.1) is 0 Å². The highest BCUT2D eigenvalue weighted by Crippen LogP contribution is 2.40. The van der Waals surface area contributed by atoms with Crippen LogP contribution in [-0.2, 0) is 66.0 Å². The molecule has 14 atom stereocenters. The molecule has 0 bridgehead atoms. The summed E-state index contributed by atoms with van der Waals surface area (Å²) in [6.45, 7) is 45.4. The van der Waals surface area contributed by atoms with Gasteiger partial charge in [0.15, 0.2) is 12.4 Å². The zero-order chi connectivity index (χ0) is 115. The smallest absolute Gasteiger partial charge is 0.400 e. The van der Waals surface area contributed by atoms with Gasteiger partial charge in [-0.1, -0.05) is 111 Å². The molecule has 0 aliphatic carbocycles. The van der Waals surface area contributed by atoms with Gasteiger partial charge in [0.2, 0.25) is 11.8 Å². The zero-order valence-corrected chi connectivity index (χ0v) is 96.1. The van der Waals surface area contributed by atoms with E-state index in [0.29, 0.717) is 231 Å². The van der Waals surface area contributed by atoms with Crippen molar-refractivity contribution in [3.05, 3.63) is 0 Å². The number of rotatable bonds is 76. The molecule has 0 aromatic heterocycles. The van der Waals surface area contributed by atoms with Crippen LogP contribution in [0.3, 0.4) is 0 Å². The van der Waals surface area contributed by atoms with Crippen molar-refractivity contribution in [3.63, 3.8) is 0 Å². The predicted octanol–water partition coefficient (Wildman–Crippen LogP) is 15.2. The Morgan fingerprint density at radius 2 is 0.466 bits per heavy atom. The summed E-state index contributed by atoms with van der Waals surface area (Å²) in [6, 6.07) is 0. The second-order valence-corrected chi connectivity index (χ2v) is 51.8. The molecule has 14 unspecified atom stereocenters. The number of aldehydes is 2. The van der Waals surface area contributed by atoms with Gasteiger partial charge in [0.05, 0.1) is 122 Å². The highest BCUT2D eigenvalue weighted by molar-refractivity contribution is 7.50. The zero-order valence-electron chi connectivity index (χ0n) is 94.3. The number of methoxy groups -OCH3 is 2. The van der Waals surface area contributed by atoms with Gasteiger partial charge < -0.3 is 111 Å². The summed E-state index contributed by atoms with van der Waals surface area (Å²) in [4.78, 5) is 107. The number of aliphatic hydroxyl groups excluding tert-OH is 14. The number of nitrogens with two attached hydrogens (primary N) is 2. The number of carbonyl (C=O) groups excluding carboxylic acids is 6. The van der Waals surface area contributed by atoms with E-state index < -0.39 is 133 Å². The summed E-state index contributed by atoms with van der Waals surface area (Å²) in [7, 11) is -5.21. The Kier molecular flexibility index (Phi) is 78.4. The molecule has 0 spiro atoms. The fourth-order valence-electron chi connectivity index (χ4n) is 14.4. The highest BCUT2D eigenvalue weighted by atomic mass is 31.2. The van der Waals surface area contributed by atoms with Crippen molar-refractivity contribution in [1.82, 2.24) is 10.6 Å². The first-order valence-corrected chi connectivity index (χ1v) is 55.5. The first kappa shape index (κ1) is 151. The molecule has 0 rings (SSSR count). The lowest BCUT2D eigenvalue weighted by Crippen LogP contribution is -2.28. The summed E-state index contributed by atoms with van der Waals surface area (Å²) >= 11 is 0. The minimum Gasteiger partial charge on any atom is -0.481 e. The molecular formula is C106H208N6O32P2. The van der Waals surface area contributed by atoms with Crippen molar-refractivity contribution in [2.24, 2.45) is 76.0 Å². The molecule has 2 amide bonds. The van der Waals surface area contributed by atoms with E-state index in [1.165, 1.54) is 14.2 Å². The third kappa shape index (κ3) is 90.3. The molecule has 0 saturated heterocycles. The molecule has 0 radical (unpaired) electrons. The Bertz CT molecular complexity index is 3490. The van der Waals surface area contributed by atoms with Crippen LogP contribution in [0, 0.1) is 87.9 Å². The summed E-state index contributed by atoms with van der Waals surface area (Å²) in [6.07, 6.45) is 21.5. The first-order valence-electron chi connectivity index (χ1n) is 52.2. The number of aliphatic carboxylic acids is 2. The number of esters is 2. The Balaban J connectivity index is -0.000000406. The molecule has 0 aliphatic rings. The molecule has 38 nitrogen and oxygen atoms in total. The normalized spacial score (nSPS) is 15.8. The summed E-state index contributed by atoms with van der Waals surface area (Å²) in [5.41, 5.74) is 5.21. The number of hydrogen-bond donors (Lipinski definition) is 22. The maximum atomic E-state index is 11.6. The maximum Gasteiger partial charge on any atom is 0.400 e. The fourth-order valence-corrected chi connectivity index (χ4v) is 15.1. The van der Waals surface area contributed by atoms with E-state index in [1.54, 1.807) is 67.8 Å². The lowest BCUT2D eigenvalue weighted by Gasteiger charge is -2.27. The van der Waals surface area contributed by atoms with E-state index in [1.807, 2.05) is 111 Å². The van der Waals surface area contributed by atoms with Gasteiger partial charge in [-0.3, -0.25) is 48.4 Å². The van der Waals surface area contributed by atoms with Gasteiger partial charge in [-0.25, -0.2) is 20.1 Å². The Labute approximate surface area is 876 Å². The third-order valence-electron chi connectivity index (χ3n) is 27.3. The molecule has 0 saturated carbocycles. The van der Waals surface area contributed by atoms with E-state index in [-0.39, 0.29) is 95.5 Å². The van der Waals surface area contributed by atoms with Crippen LogP contribution in [0.1, 0.15) is 436 Å². The number of carboxylic acids is 2. The molecular weight excluding hydrogens is 1930 g/mol. The number of amides is 2. The number of carboxylic acid groups (broad SMARTS) is 2. The Morgan fingerprint density at radius 1 is 0.295 bits per heavy atom. The third-order valence-corrected chi connectivity index (χ3v) is 28.4. The van der Waals surface area contributed by atoms with E-state index in [9.17, 15) is 109 Å². The van der Waals surface area contributed by atoms with Gasteiger partial charge in [-0.2, -0.15) is 10.5 Å². The molecule has 0 aromatic carbocycles. The Hall–Kier alpha value is -5.20. The average Bonchev–Trinajstić information content (AvgIpc) is 0.871. The summed E-state index contributed by atoms with van der Waals surface area (Å²) < 4.78 is 40.8. The van der Waals surface area contributed by atoms with Gasteiger partial charge in [0, 0.05) is 36.9 Å². The molecule has 0 fully saturated rings. The second-order valence-electron chi connectivity index (χ2n) is 49.0. The van der Waals surface area contributed by atoms with E-state index in [4.69, 9.17) is 70.3 Å².